The Morgan fingerprint density at radius 1 is 1.25 bits per heavy atom. The van der Waals surface area contributed by atoms with Gasteiger partial charge in [0.1, 0.15) is 0 Å². The van der Waals surface area contributed by atoms with Crippen molar-refractivity contribution in [2.24, 2.45) is 0 Å². The molecule has 0 bridgehead atoms. The first kappa shape index (κ1) is 10.6. The quantitative estimate of drug-likeness (QED) is 0.629. The Labute approximate surface area is 93.5 Å². The Kier molecular flexibility index (Phi) is 2.86. The van der Waals surface area contributed by atoms with Crippen LogP contribution in [0, 0.1) is 0 Å². The summed E-state index contributed by atoms with van der Waals surface area (Å²) in [4.78, 5) is 26.4. The summed E-state index contributed by atoms with van der Waals surface area (Å²) in [5, 5.41) is 0.817. The van der Waals surface area contributed by atoms with E-state index in [9.17, 15) is 9.59 Å². The average molecular weight is 215 g/mol. The van der Waals surface area contributed by atoms with Gasteiger partial charge < -0.3 is 4.98 Å². The Bertz CT molecular complexity index is 540. The largest absolute Gasteiger partial charge is 0.360 e. The Morgan fingerprint density at radius 3 is 2.75 bits per heavy atom. The molecule has 1 aromatic carbocycles. The van der Waals surface area contributed by atoms with Crippen LogP contribution in [0.4, 0.5) is 0 Å². The van der Waals surface area contributed by atoms with Crippen LogP contribution in [0.15, 0.2) is 30.5 Å². The second-order valence-electron chi connectivity index (χ2n) is 3.75. The van der Waals surface area contributed by atoms with Gasteiger partial charge in [-0.2, -0.15) is 0 Å². The molecule has 3 heteroatoms. The smallest absolute Gasteiger partial charge is 0.230 e. The van der Waals surface area contributed by atoms with Gasteiger partial charge in [0.15, 0.2) is 0 Å². The van der Waals surface area contributed by atoms with Crippen molar-refractivity contribution in [3.63, 3.8) is 0 Å². The number of aromatic nitrogens is 1. The summed E-state index contributed by atoms with van der Waals surface area (Å²) < 4.78 is 0. The van der Waals surface area contributed by atoms with Crippen molar-refractivity contribution in [3.8, 4) is 0 Å². The Hall–Kier alpha value is -1.90. The van der Waals surface area contributed by atoms with Gasteiger partial charge in [0.25, 0.3) is 0 Å². The van der Waals surface area contributed by atoms with E-state index in [1.807, 2.05) is 31.2 Å². The summed E-state index contributed by atoms with van der Waals surface area (Å²) in [6.07, 6.45) is 2.63. The lowest BCUT2D eigenvalue weighted by Gasteiger charge is -1.96. The monoisotopic (exact) mass is 215 g/mol. The maximum Gasteiger partial charge on any atom is 0.230 e. The molecule has 0 saturated heterocycles. The van der Waals surface area contributed by atoms with Gasteiger partial charge in [-0.1, -0.05) is 25.1 Å². The molecule has 2 aromatic rings. The fourth-order valence-electron chi connectivity index (χ4n) is 1.75. The van der Waals surface area contributed by atoms with Crippen LogP contribution in [0.3, 0.4) is 0 Å². The van der Waals surface area contributed by atoms with Crippen LogP contribution in [0.1, 0.15) is 30.1 Å². The summed E-state index contributed by atoms with van der Waals surface area (Å²) in [5.74, 6) is -0.702. The molecule has 2 rings (SSSR count). The zero-order chi connectivity index (χ0) is 11.5. The van der Waals surface area contributed by atoms with Gasteiger partial charge in [-0.25, -0.2) is 0 Å². The maximum absolute atomic E-state index is 11.8. The number of ketones is 2. The van der Waals surface area contributed by atoms with Crippen molar-refractivity contribution in [2.45, 2.75) is 19.8 Å². The molecule has 3 nitrogen and oxygen atoms in total. The van der Waals surface area contributed by atoms with Crippen LogP contribution in [0.5, 0.6) is 0 Å². The molecule has 0 radical (unpaired) electrons. The average Bonchev–Trinajstić information content (AvgIpc) is 2.72. The van der Waals surface area contributed by atoms with E-state index >= 15 is 0 Å². The van der Waals surface area contributed by atoms with Crippen molar-refractivity contribution in [2.75, 3.05) is 0 Å². The molecular weight excluding hydrogens is 202 g/mol. The highest BCUT2D eigenvalue weighted by Crippen LogP contribution is 2.18. The Morgan fingerprint density at radius 2 is 2.00 bits per heavy atom. The van der Waals surface area contributed by atoms with Gasteiger partial charge >= 0.3 is 0 Å². The zero-order valence-corrected chi connectivity index (χ0v) is 9.12. The fourth-order valence-corrected chi connectivity index (χ4v) is 1.75. The molecule has 0 aliphatic rings. The van der Waals surface area contributed by atoms with Crippen LogP contribution in [0.2, 0.25) is 0 Å². The number of para-hydroxylation sites is 1. The van der Waals surface area contributed by atoms with Crippen molar-refractivity contribution in [3.05, 3.63) is 36.0 Å². The SMILES string of the molecule is CCCC(=O)C(=O)c1c[nH]c2ccccc12. The summed E-state index contributed by atoms with van der Waals surface area (Å²) in [7, 11) is 0. The molecule has 1 N–H and O–H groups in total. The first-order valence-electron chi connectivity index (χ1n) is 5.37. The molecule has 0 saturated carbocycles. The minimum Gasteiger partial charge on any atom is -0.360 e. The van der Waals surface area contributed by atoms with Crippen LogP contribution in [-0.2, 0) is 4.79 Å². The minimum atomic E-state index is -0.390. The maximum atomic E-state index is 11.8. The molecule has 0 aliphatic heterocycles. The topological polar surface area (TPSA) is 49.9 Å². The normalized spacial score (nSPS) is 10.6. The lowest BCUT2D eigenvalue weighted by atomic mass is 10.0. The number of nitrogens with one attached hydrogen (secondary N) is 1. The highest BCUT2D eigenvalue weighted by Gasteiger charge is 2.18. The zero-order valence-electron chi connectivity index (χ0n) is 9.12. The number of Topliss-reactive ketones (excluding diaryl/α,β-unsaturated/α-hetero) is 2. The van der Waals surface area contributed by atoms with Crippen LogP contribution >= 0.6 is 0 Å². The van der Waals surface area contributed by atoms with E-state index in [0.717, 1.165) is 10.9 Å². The van der Waals surface area contributed by atoms with E-state index in [4.69, 9.17) is 0 Å². The van der Waals surface area contributed by atoms with Gasteiger partial charge in [-0.15, -0.1) is 0 Å². The number of hydrogen-bond acceptors (Lipinski definition) is 2. The second-order valence-corrected chi connectivity index (χ2v) is 3.75. The molecule has 0 spiro atoms. The van der Waals surface area contributed by atoms with Crippen molar-refractivity contribution >= 4 is 22.5 Å². The van der Waals surface area contributed by atoms with Gasteiger partial charge in [0, 0.05) is 23.5 Å². The molecule has 16 heavy (non-hydrogen) atoms. The van der Waals surface area contributed by atoms with E-state index in [-0.39, 0.29) is 11.6 Å². The number of rotatable bonds is 4. The van der Waals surface area contributed by atoms with Crippen molar-refractivity contribution in [1.82, 2.24) is 4.98 Å². The van der Waals surface area contributed by atoms with E-state index in [1.54, 1.807) is 6.20 Å². The highest BCUT2D eigenvalue weighted by molar-refractivity contribution is 6.45. The lowest BCUT2D eigenvalue weighted by Crippen LogP contribution is -2.12. The molecular formula is C13H13NO2. The summed E-state index contributed by atoms with van der Waals surface area (Å²) in [6.45, 7) is 1.89. The predicted octanol–water partition coefficient (Wildman–Crippen LogP) is 2.72. The standard InChI is InChI=1S/C13H13NO2/c1-2-5-12(15)13(16)10-8-14-11-7-4-3-6-9(10)11/h3-4,6-8,14H,2,5H2,1H3. The number of hydrogen-bond donors (Lipinski definition) is 1. The third-order valence-corrected chi connectivity index (χ3v) is 2.56. The highest BCUT2D eigenvalue weighted by atomic mass is 16.2. The summed E-state index contributed by atoms with van der Waals surface area (Å²) >= 11 is 0. The fraction of sp³-hybridized carbons (Fsp3) is 0.231. The summed E-state index contributed by atoms with van der Waals surface area (Å²) in [6, 6.07) is 7.48. The van der Waals surface area contributed by atoms with Gasteiger partial charge in [0.2, 0.25) is 11.6 Å². The first-order valence-corrected chi connectivity index (χ1v) is 5.37. The summed E-state index contributed by atoms with van der Waals surface area (Å²) in [5.41, 5.74) is 1.36. The van der Waals surface area contributed by atoms with Gasteiger partial charge in [-0.05, 0) is 12.5 Å². The van der Waals surface area contributed by atoms with Crippen LogP contribution in [0.25, 0.3) is 10.9 Å². The van der Waals surface area contributed by atoms with Crippen LogP contribution < -0.4 is 0 Å². The van der Waals surface area contributed by atoms with Crippen LogP contribution in [-0.4, -0.2) is 16.6 Å². The van der Waals surface area contributed by atoms with E-state index in [2.05, 4.69) is 4.98 Å². The number of fused-ring (bicyclic) bond motifs is 1. The van der Waals surface area contributed by atoms with Crippen molar-refractivity contribution < 1.29 is 9.59 Å². The Balaban J connectivity index is 2.40. The van der Waals surface area contributed by atoms with E-state index < -0.39 is 0 Å². The number of carbonyl (C=O) groups is 2. The lowest BCUT2D eigenvalue weighted by molar-refractivity contribution is -0.115. The minimum absolute atomic E-state index is 0.313. The number of aromatic amines is 1. The van der Waals surface area contributed by atoms with Crippen molar-refractivity contribution in [1.29, 1.82) is 0 Å². The number of carbonyl (C=O) groups excluding carboxylic acids is 2. The number of benzene rings is 1. The third kappa shape index (κ3) is 1.76. The second kappa shape index (κ2) is 4.31. The molecule has 82 valence electrons. The van der Waals surface area contributed by atoms with E-state index in [0.29, 0.717) is 18.4 Å². The molecule has 0 atom stereocenters. The predicted molar refractivity (Wildman–Crippen MR) is 62.5 cm³/mol. The first-order chi connectivity index (χ1) is 7.74. The third-order valence-electron chi connectivity index (χ3n) is 2.56. The van der Waals surface area contributed by atoms with E-state index in [1.165, 1.54) is 0 Å². The molecule has 0 fully saturated rings. The van der Waals surface area contributed by atoms with Gasteiger partial charge in [0.05, 0.1) is 5.56 Å². The molecule has 0 amide bonds. The molecule has 0 unspecified atom stereocenters. The molecule has 1 heterocycles. The number of H-pyrrole nitrogens is 1. The molecule has 0 aliphatic carbocycles. The van der Waals surface area contributed by atoms with Gasteiger partial charge in [-0.3, -0.25) is 9.59 Å². The molecule has 1 aromatic heterocycles.